The van der Waals surface area contributed by atoms with Crippen LogP contribution in [-0.2, 0) is 14.3 Å². The molecule has 6 heteroatoms. The molecule has 0 bridgehead atoms. The summed E-state index contributed by atoms with van der Waals surface area (Å²) in [5, 5.41) is 11.5. The molecule has 0 heterocycles. The van der Waals surface area contributed by atoms with E-state index in [0.29, 0.717) is 26.1 Å². The summed E-state index contributed by atoms with van der Waals surface area (Å²) >= 11 is 0. The van der Waals surface area contributed by atoms with E-state index in [9.17, 15) is 9.59 Å². The van der Waals surface area contributed by atoms with Gasteiger partial charge >= 0.3 is 12.1 Å². The van der Waals surface area contributed by atoms with Gasteiger partial charge in [-0.1, -0.05) is 55.5 Å². The van der Waals surface area contributed by atoms with E-state index < -0.39 is 12.1 Å². The molecule has 1 atom stereocenters. The smallest absolute Gasteiger partial charge is 0.407 e. The summed E-state index contributed by atoms with van der Waals surface area (Å²) in [6.45, 7) is 2.92. The van der Waals surface area contributed by atoms with Crippen molar-refractivity contribution in [3.05, 3.63) is 59.7 Å². The molecule has 2 aromatic rings. The second kappa shape index (κ2) is 10.1. The predicted octanol–water partition coefficient (Wildman–Crippen LogP) is 4.19. The Balaban J connectivity index is 1.51. The van der Waals surface area contributed by atoms with Gasteiger partial charge in [0.1, 0.15) is 6.61 Å². The van der Waals surface area contributed by atoms with Crippen LogP contribution < -0.4 is 5.32 Å². The third-order valence-electron chi connectivity index (χ3n) is 5.16. The van der Waals surface area contributed by atoms with Gasteiger partial charge in [-0.15, -0.1) is 0 Å². The maximum Gasteiger partial charge on any atom is 0.407 e. The minimum absolute atomic E-state index is 0.0282. The second-order valence-electron chi connectivity index (χ2n) is 7.15. The molecule has 1 aliphatic rings. The molecule has 0 spiro atoms. The number of hydrogen-bond acceptors (Lipinski definition) is 4. The molecule has 0 radical (unpaired) electrons. The molecule has 1 aliphatic carbocycles. The number of fused-ring (bicyclic) bond motifs is 3. The van der Waals surface area contributed by atoms with Gasteiger partial charge in [-0.2, -0.15) is 0 Å². The highest BCUT2D eigenvalue weighted by molar-refractivity contribution is 5.79. The van der Waals surface area contributed by atoms with E-state index in [4.69, 9.17) is 14.6 Å². The first-order valence-electron chi connectivity index (χ1n) is 10.0. The van der Waals surface area contributed by atoms with Crippen LogP contribution >= 0.6 is 0 Å². The van der Waals surface area contributed by atoms with Gasteiger partial charge in [0.15, 0.2) is 0 Å². The summed E-state index contributed by atoms with van der Waals surface area (Å²) in [6.07, 6.45) is 0.768. The fourth-order valence-electron chi connectivity index (χ4n) is 3.62. The summed E-state index contributed by atoms with van der Waals surface area (Å²) in [5.74, 6) is -0.808. The van der Waals surface area contributed by atoms with Gasteiger partial charge in [-0.05, 0) is 35.1 Å². The first-order chi connectivity index (χ1) is 14.1. The molecule has 2 aromatic carbocycles. The lowest BCUT2D eigenvalue weighted by atomic mass is 9.98. The average Bonchev–Trinajstić information content (AvgIpc) is 3.05. The van der Waals surface area contributed by atoms with Crippen LogP contribution in [0.15, 0.2) is 48.5 Å². The van der Waals surface area contributed by atoms with E-state index in [1.807, 2.05) is 31.2 Å². The monoisotopic (exact) mass is 397 g/mol. The van der Waals surface area contributed by atoms with E-state index in [1.165, 1.54) is 22.3 Å². The summed E-state index contributed by atoms with van der Waals surface area (Å²) in [4.78, 5) is 22.8. The minimum Gasteiger partial charge on any atom is -0.481 e. The topological polar surface area (TPSA) is 84.9 Å². The molecule has 1 unspecified atom stereocenters. The number of hydrogen-bond donors (Lipinski definition) is 2. The summed E-state index contributed by atoms with van der Waals surface area (Å²) in [6, 6.07) is 16.3. The number of amides is 1. The zero-order chi connectivity index (χ0) is 20.6. The largest absolute Gasteiger partial charge is 0.481 e. The second-order valence-corrected chi connectivity index (χ2v) is 7.15. The third kappa shape index (κ3) is 5.35. The van der Waals surface area contributed by atoms with Gasteiger partial charge in [0, 0.05) is 18.9 Å². The molecule has 0 aromatic heterocycles. The highest BCUT2D eigenvalue weighted by Gasteiger charge is 2.29. The fraction of sp³-hybridized carbons (Fsp3) is 0.391. The summed E-state index contributed by atoms with van der Waals surface area (Å²) in [7, 11) is 0. The lowest BCUT2D eigenvalue weighted by Crippen LogP contribution is -2.38. The van der Waals surface area contributed by atoms with Crippen LogP contribution in [0.3, 0.4) is 0 Å². The quantitative estimate of drug-likeness (QED) is 0.588. The van der Waals surface area contributed by atoms with Crippen molar-refractivity contribution in [2.24, 2.45) is 0 Å². The van der Waals surface area contributed by atoms with Gasteiger partial charge in [0.2, 0.25) is 0 Å². The Kier molecular flexibility index (Phi) is 7.25. The normalized spacial score (nSPS) is 13.4. The number of benzene rings is 2. The minimum atomic E-state index is -0.836. The van der Waals surface area contributed by atoms with Crippen LogP contribution in [0.1, 0.15) is 43.2 Å². The van der Waals surface area contributed by atoms with Gasteiger partial charge in [-0.25, -0.2) is 4.79 Å². The lowest BCUT2D eigenvalue weighted by Gasteiger charge is -2.19. The van der Waals surface area contributed by atoms with Crippen LogP contribution in [0, 0.1) is 0 Å². The molecule has 0 fully saturated rings. The van der Waals surface area contributed by atoms with Crippen LogP contribution in [-0.4, -0.2) is 43.0 Å². The molecule has 0 aliphatic heterocycles. The molecule has 6 nitrogen and oxygen atoms in total. The Morgan fingerprint density at radius 1 is 1.07 bits per heavy atom. The van der Waals surface area contributed by atoms with E-state index in [-0.39, 0.29) is 25.0 Å². The number of rotatable bonds is 10. The number of carbonyl (C=O) groups excluding carboxylic acids is 1. The number of ether oxygens (including phenoxy) is 2. The first-order valence-corrected chi connectivity index (χ1v) is 10.0. The van der Waals surface area contributed by atoms with E-state index >= 15 is 0 Å². The van der Waals surface area contributed by atoms with Crippen LogP contribution in [0.4, 0.5) is 4.79 Å². The number of carbonyl (C=O) groups is 2. The molecule has 0 saturated heterocycles. The Morgan fingerprint density at radius 3 is 2.28 bits per heavy atom. The van der Waals surface area contributed by atoms with Crippen molar-refractivity contribution in [2.45, 2.75) is 38.1 Å². The van der Waals surface area contributed by atoms with Gasteiger partial charge < -0.3 is 19.9 Å². The Bertz CT molecular complexity index is 805. The zero-order valence-corrected chi connectivity index (χ0v) is 16.6. The highest BCUT2D eigenvalue weighted by atomic mass is 16.5. The Morgan fingerprint density at radius 2 is 1.69 bits per heavy atom. The van der Waals surface area contributed by atoms with Gasteiger partial charge in [-0.3, -0.25) is 4.79 Å². The number of carboxylic acid groups (broad SMARTS) is 1. The highest BCUT2D eigenvalue weighted by Crippen LogP contribution is 2.44. The van der Waals surface area contributed by atoms with E-state index in [0.717, 1.165) is 0 Å². The van der Waals surface area contributed by atoms with E-state index in [2.05, 4.69) is 29.6 Å². The van der Waals surface area contributed by atoms with Crippen LogP contribution in [0.5, 0.6) is 0 Å². The molecule has 0 saturated carbocycles. The average molecular weight is 397 g/mol. The van der Waals surface area contributed by atoms with Gasteiger partial charge in [0.25, 0.3) is 0 Å². The maximum absolute atomic E-state index is 12.3. The van der Waals surface area contributed by atoms with Crippen molar-refractivity contribution in [1.82, 2.24) is 5.32 Å². The molecule has 3 rings (SSSR count). The number of carboxylic acids is 1. The first kappa shape index (κ1) is 20.9. The van der Waals surface area contributed by atoms with Crippen molar-refractivity contribution in [1.29, 1.82) is 0 Å². The van der Waals surface area contributed by atoms with E-state index in [1.54, 1.807) is 0 Å². The van der Waals surface area contributed by atoms with Crippen molar-refractivity contribution < 1.29 is 24.2 Å². The number of aliphatic carboxylic acids is 1. The molecular weight excluding hydrogens is 370 g/mol. The SMILES string of the molecule is CCC(COCCCC(=O)O)NC(=O)OCC1c2ccccc2-c2ccccc21. The van der Waals surface area contributed by atoms with Crippen LogP contribution in [0.25, 0.3) is 11.1 Å². The number of nitrogens with one attached hydrogen (secondary N) is 1. The Labute approximate surface area is 170 Å². The zero-order valence-electron chi connectivity index (χ0n) is 16.6. The maximum atomic E-state index is 12.3. The van der Waals surface area contributed by atoms with Crippen molar-refractivity contribution >= 4 is 12.1 Å². The predicted molar refractivity (Wildman–Crippen MR) is 110 cm³/mol. The lowest BCUT2D eigenvalue weighted by molar-refractivity contribution is -0.137. The molecule has 1 amide bonds. The summed E-state index contributed by atoms with van der Waals surface area (Å²) < 4.78 is 11.0. The standard InChI is InChI=1S/C23H27NO5/c1-2-16(14-28-13-7-12-22(25)26)24-23(27)29-15-21-19-10-5-3-8-17(19)18-9-4-6-11-20(18)21/h3-6,8-11,16,21H,2,7,12-15H2,1H3,(H,24,27)(H,25,26). The fourth-order valence-corrected chi connectivity index (χ4v) is 3.62. The third-order valence-corrected chi connectivity index (χ3v) is 5.16. The molecular formula is C23H27NO5. The molecule has 154 valence electrons. The summed E-state index contributed by atoms with van der Waals surface area (Å²) in [5.41, 5.74) is 4.74. The molecule has 29 heavy (non-hydrogen) atoms. The van der Waals surface area contributed by atoms with Gasteiger partial charge in [0.05, 0.1) is 12.6 Å². The number of alkyl carbamates (subject to hydrolysis) is 1. The van der Waals surface area contributed by atoms with Crippen molar-refractivity contribution in [2.75, 3.05) is 19.8 Å². The van der Waals surface area contributed by atoms with Crippen LogP contribution in [0.2, 0.25) is 0 Å². The Hall–Kier alpha value is -2.86. The van der Waals surface area contributed by atoms with Crippen molar-refractivity contribution in [3.8, 4) is 11.1 Å². The van der Waals surface area contributed by atoms with Crippen molar-refractivity contribution in [3.63, 3.8) is 0 Å². The molecule has 2 N–H and O–H groups in total.